The maximum atomic E-state index is 12.1. The van der Waals surface area contributed by atoms with E-state index in [9.17, 15) is 9.59 Å². The number of rotatable bonds is 7. The molecule has 0 aromatic carbocycles. The third-order valence-corrected chi connectivity index (χ3v) is 4.28. The van der Waals surface area contributed by atoms with E-state index in [4.69, 9.17) is 0 Å². The van der Waals surface area contributed by atoms with Gasteiger partial charge in [0.05, 0.1) is 15.2 Å². The van der Waals surface area contributed by atoms with Crippen molar-refractivity contribution in [1.29, 1.82) is 0 Å². The van der Waals surface area contributed by atoms with Crippen LogP contribution in [0.2, 0.25) is 0 Å². The number of hydrogen-bond acceptors (Lipinski definition) is 4. The Bertz CT molecular complexity index is 464. The van der Waals surface area contributed by atoms with Crippen LogP contribution in [-0.2, 0) is 4.79 Å². The van der Waals surface area contributed by atoms with Gasteiger partial charge in [0.1, 0.15) is 0 Å². The first-order valence-corrected chi connectivity index (χ1v) is 8.05. The summed E-state index contributed by atoms with van der Waals surface area (Å²) < 4.78 is 0.901. The molecule has 7 heteroatoms. The van der Waals surface area contributed by atoms with Crippen LogP contribution in [-0.4, -0.2) is 49.4 Å². The average molecular weight is 362 g/mol. The summed E-state index contributed by atoms with van der Waals surface area (Å²) in [5.74, 6) is -0.295. The van der Waals surface area contributed by atoms with Crippen LogP contribution in [0.3, 0.4) is 0 Å². The maximum absolute atomic E-state index is 12.1. The molecule has 5 nitrogen and oxygen atoms in total. The molecule has 0 unspecified atom stereocenters. The zero-order valence-corrected chi connectivity index (χ0v) is 14.3. The lowest BCUT2D eigenvalue weighted by molar-refractivity contribution is -0.121. The molecule has 0 saturated carbocycles. The predicted molar refractivity (Wildman–Crippen MR) is 85.1 cm³/mol. The first kappa shape index (κ1) is 17.1. The quantitative estimate of drug-likeness (QED) is 0.776. The van der Waals surface area contributed by atoms with E-state index in [1.807, 2.05) is 19.9 Å². The molecule has 0 spiro atoms. The van der Waals surface area contributed by atoms with Crippen molar-refractivity contribution in [2.24, 2.45) is 0 Å². The molecule has 1 aromatic rings. The summed E-state index contributed by atoms with van der Waals surface area (Å²) in [5.41, 5.74) is 0. The number of halogens is 1. The Kier molecular flexibility index (Phi) is 7.18. The van der Waals surface area contributed by atoms with Crippen molar-refractivity contribution in [3.05, 3.63) is 20.8 Å². The fourth-order valence-electron chi connectivity index (χ4n) is 1.65. The van der Waals surface area contributed by atoms with Gasteiger partial charge in [0, 0.05) is 19.6 Å². The van der Waals surface area contributed by atoms with Gasteiger partial charge < -0.3 is 15.5 Å². The lowest BCUT2D eigenvalue weighted by atomic mass is 10.3. The first-order valence-electron chi connectivity index (χ1n) is 6.45. The number of carbonyl (C=O) groups excluding carboxylic acids is 2. The highest BCUT2D eigenvalue weighted by Gasteiger charge is 2.16. The van der Waals surface area contributed by atoms with Crippen LogP contribution in [0.15, 0.2) is 15.9 Å². The van der Waals surface area contributed by atoms with Crippen LogP contribution in [0.4, 0.5) is 0 Å². The molecule has 0 radical (unpaired) electrons. The molecular weight excluding hydrogens is 342 g/mol. The molecule has 20 heavy (non-hydrogen) atoms. The van der Waals surface area contributed by atoms with Gasteiger partial charge >= 0.3 is 0 Å². The minimum atomic E-state index is -0.152. The third-order valence-electron chi connectivity index (χ3n) is 2.67. The summed E-state index contributed by atoms with van der Waals surface area (Å²) in [4.78, 5) is 25.9. The Morgan fingerprint density at radius 3 is 2.70 bits per heavy atom. The van der Waals surface area contributed by atoms with Gasteiger partial charge in [0.15, 0.2) is 0 Å². The van der Waals surface area contributed by atoms with E-state index in [0.717, 1.165) is 10.3 Å². The smallest absolute Gasteiger partial charge is 0.264 e. The molecule has 0 aliphatic rings. The van der Waals surface area contributed by atoms with Gasteiger partial charge in [-0.05, 0) is 41.5 Å². The molecule has 0 fully saturated rings. The molecule has 2 N–H and O–H groups in total. The summed E-state index contributed by atoms with van der Waals surface area (Å²) in [5, 5.41) is 6.02. The van der Waals surface area contributed by atoms with Crippen molar-refractivity contribution in [3.63, 3.8) is 0 Å². The summed E-state index contributed by atoms with van der Waals surface area (Å²) >= 11 is 4.68. The van der Waals surface area contributed by atoms with Crippen molar-refractivity contribution in [3.8, 4) is 0 Å². The molecule has 1 rings (SSSR count). The van der Waals surface area contributed by atoms with Gasteiger partial charge in [0.25, 0.3) is 5.91 Å². The van der Waals surface area contributed by atoms with E-state index in [-0.39, 0.29) is 24.4 Å². The highest BCUT2D eigenvalue weighted by Crippen LogP contribution is 2.22. The largest absolute Gasteiger partial charge is 0.353 e. The molecule has 0 saturated heterocycles. The zero-order valence-electron chi connectivity index (χ0n) is 11.9. The topological polar surface area (TPSA) is 61.4 Å². The van der Waals surface area contributed by atoms with E-state index < -0.39 is 0 Å². The van der Waals surface area contributed by atoms with Gasteiger partial charge in [-0.3, -0.25) is 9.59 Å². The van der Waals surface area contributed by atoms with E-state index in [1.165, 1.54) is 16.2 Å². The monoisotopic (exact) mass is 361 g/mol. The average Bonchev–Trinajstić information content (AvgIpc) is 2.82. The van der Waals surface area contributed by atoms with Crippen LogP contribution in [0.25, 0.3) is 0 Å². The van der Waals surface area contributed by atoms with Crippen molar-refractivity contribution < 1.29 is 9.59 Å². The van der Waals surface area contributed by atoms with Crippen LogP contribution in [0, 0.1) is 0 Å². The predicted octanol–water partition coefficient (Wildman–Crippen LogP) is 1.70. The normalized spacial score (nSPS) is 12.0. The second-order valence-corrected chi connectivity index (χ2v) is 6.99. The SMILES string of the molecule is CCN[C@H](C)CNC(=O)CN(C)C(=O)c1ccc(Br)s1. The molecule has 112 valence electrons. The Morgan fingerprint density at radius 1 is 1.45 bits per heavy atom. The maximum Gasteiger partial charge on any atom is 0.264 e. The minimum absolute atomic E-state index is 0.0627. The fourth-order valence-corrected chi connectivity index (χ4v) is 3.03. The molecule has 2 amide bonds. The first-order chi connectivity index (χ1) is 9.43. The van der Waals surface area contributed by atoms with Crippen molar-refractivity contribution in [1.82, 2.24) is 15.5 Å². The Hall–Kier alpha value is -0.920. The summed E-state index contributed by atoms with van der Waals surface area (Å²) in [6.45, 7) is 5.50. The summed E-state index contributed by atoms with van der Waals surface area (Å²) in [6, 6.07) is 3.79. The highest BCUT2D eigenvalue weighted by molar-refractivity contribution is 9.11. The number of hydrogen-bond donors (Lipinski definition) is 2. The second-order valence-electron chi connectivity index (χ2n) is 4.53. The van der Waals surface area contributed by atoms with E-state index >= 15 is 0 Å². The van der Waals surface area contributed by atoms with E-state index in [1.54, 1.807) is 13.1 Å². The Labute approximate surface area is 131 Å². The van der Waals surface area contributed by atoms with Gasteiger partial charge in [-0.15, -0.1) is 11.3 Å². The van der Waals surface area contributed by atoms with Crippen LogP contribution >= 0.6 is 27.3 Å². The Morgan fingerprint density at radius 2 is 2.15 bits per heavy atom. The van der Waals surface area contributed by atoms with Crippen LogP contribution in [0.5, 0.6) is 0 Å². The number of amides is 2. The third kappa shape index (κ3) is 5.60. The van der Waals surface area contributed by atoms with Crippen molar-refractivity contribution in [2.45, 2.75) is 19.9 Å². The van der Waals surface area contributed by atoms with Gasteiger partial charge in [-0.1, -0.05) is 6.92 Å². The Balaban J connectivity index is 2.39. The second kappa shape index (κ2) is 8.39. The number of carbonyl (C=O) groups is 2. The molecule has 1 atom stereocenters. The lowest BCUT2D eigenvalue weighted by Gasteiger charge is -2.17. The minimum Gasteiger partial charge on any atom is -0.353 e. The van der Waals surface area contributed by atoms with Gasteiger partial charge in [0.2, 0.25) is 5.91 Å². The molecule has 0 bridgehead atoms. The van der Waals surface area contributed by atoms with Crippen molar-refractivity contribution in [2.75, 3.05) is 26.7 Å². The van der Waals surface area contributed by atoms with Crippen LogP contribution in [0.1, 0.15) is 23.5 Å². The lowest BCUT2D eigenvalue weighted by Crippen LogP contribution is -2.43. The molecule has 1 aromatic heterocycles. The van der Waals surface area contributed by atoms with Crippen molar-refractivity contribution >= 4 is 39.1 Å². The number of likely N-dealkylation sites (N-methyl/N-ethyl adjacent to an activating group) is 2. The standard InChI is InChI=1S/C13H20BrN3O2S/c1-4-15-9(2)7-16-12(18)8-17(3)13(19)10-5-6-11(14)20-10/h5-6,9,15H,4,7-8H2,1-3H3,(H,16,18)/t9-/m1/s1. The molecule has 0 aliphatic carbocycles. The molecule has 1 heterocycles. The number of nitrogens with one attached hydrogen (secondary N) is 2. The summed E-state index contributed by atoms with van der Waals surface area (Å²) in [7, 11) is 1.63. The van der Waals surface area contributed by atoms with E-state index in [0.29, 0.717) is 11.4 Å². The number of thiophene rings is 1. The zero-order chi connectivity index (χ0) is 15.1. The van der Waals surface area contributed by atoms with Crippen LogP contribution < -0.4 is 10.6 Å². The molecule has 0 aliphatic heterocycles. The van der Waals surface area contributed by atoms with Gasteiger partial charge in [-0.2, -0.15) is 0 Å². The van der Waals surface area contributed by atoms with Gasteiger partial charge in [-0.25, -0.2) is 0 Å². The highest BCUT2D eigenvalue weighted by atomic mass is 79.9. The molecular formula is C13H20BrN3O2S. The number of nitrogens with zero attached hydrogens (tertiary/aromatic N) is 1. The summed E-state index contributed by atoms with van der Waals surface area (Å²) in [6.07, 6.45) is 0. The fraction of sp³-hybridized carbons (Fsp3) is 0.538. The van der Waals surface area contributed by atoms with E-state index in [2.05, 4.69) is 26.6 Å².